The van der Waals surface area contributed by atoms with Crippen molar-refractivity contribution in [1.29, 1.82) is 0 Å². The third kappa shape index (κ3) is 4.37. The zero-order chi connectivity index (χ0) is 15.4. The van der Waals surface area contributed by atoms with Gasteiger partial charge in [0.05, 0.1) is 11.1 Å². The summed E-state index contributed by atoms with van der Waals surface area (Å²) in [5, 5.41) is 10.1. The van der Waals surface area contributed by atoms with Crippen molar-refractivity contribution in [3.63, 3.8) is 0 Å². The summed E-state index contributed by atoms with van der Waals surface area (Å²) in [6.07, 6.45) is -0.835. The summed E-state index contributed by atoms with van der Waals surface area (Å²) in [6, 6.07) is 9.98. The van der Waals surface area contributed by atoms with E-state index in [9.17, 15) is 18.3 Å². The second kappa shape index (κ2) is 6.83. The van der Waals surface area contributed by atoms with Crippen molar-refractivity contribution in [2.75, 3.05) is 0 Å². The largest absolute Gasteiger partial charge is 0.435 e. The van der Waals surface area contributed by atoms with Crippen LogP contribution in [0.4, 0.5) is 13.2 Å². The predicted octanol–water partition coefficient (Wildman–Crippen LogP) is 4.36. The monoisotopic (exact) mass is 316 g/mol. The minimum atomic E-state index is -2.93. The fraction of sp³-hybridized carbons (Fsp3) is 0.200. The smallest absolute Gasteiger partial charge is 0.387 e. The fourth-order valence-corrected chi connectivity index (χ4v) is 2.02. The van der Waals surface area contributed by atoms with Gasteiger partial charge in [0, 0.05) is 6.42 Å². The summed E-state index contributed by atoms with van der Waals surface area (Å²) in [6.45, 7) is -2.93. The van der Waals surface area contributed by atoms with Gasteiger partial charge in [0.1, 0.15) is 11.6 Å². The molecule has 0 heterocycles. The zero-order valence-corrected chi connectivity index (χ0v) is 11.5. The average Bonchev–Trinajstić information content (AvgIpc) is 2.42. The lowest BCUT2D eigenvalue weighted by Gasteiger charge is -2.13. The van der Waals surface area contributed by atoms with Crippen LogP contribution in [0.25, 0.3) is 0 Å². The molecule has 0 amide bonds. The van der Waals surface area contributed by atoms with Crippen molar-refractivity contribution in [3.05, 3.63) is 64.4 Å². The Morgan fingerprint density at radius 3 is 2.57 bits per heavy atom. The Kier molecular flexibility index (Phi) is 5.09. The summed E-state index contributed by atoms with van der Waals surface area (Å²) in [5.41, 5.74) is 0.952. The van der Waals surface area contributed by atoms with E-state index in [0.29, 0.717) is 11.1 Å². The van der Waals surface area contributed by atoms with E-state index in [4.69, 9.17) is 11.6 Å². The molecule has 2 rings (SSSR count). The first-order valence-electron chi connectivity index (χ1n) is 6.12. The van der Waals surface area contributed by atoms with Crippen LogP contribution in [-0.2, 0) is 6.42 Å². The van der Waals surface area contributed by atoms with Crippen molar-refractivity contribution in [1.82, 2.24) is 0 Å². The van der Waals surface area contributed by atoms with Crippen LogP contribution < -0.4 is 4.74 Å². The fourth-order valence-electron chi connectivity index (χ4n) is 1.91. The molecule has 0 saturated carbocycles. The maximum Gasteiger partial charge on any atom is 0.387 e. The molecular weight excluding hydrogens is 305 g/mol. The number of rotatable bonds is 5. The molecule has 1 N–H and O–H groups in total. The first-order valence-corrected chi connectivity index (χ1v) is 6.50. The molecule has 0 fully saturated rings. The van der Waals surface area contributed by atoms with Crippen molar-refractivity contribution in [2.24, 2.45) is 0 Å². The Morgan fingerprint density at radius 2 is 1.90 bits per heavy atom. The molecule has 112 valence electrons. The number of hydrogen-bond donors (Lipinski definition) is 1. The van der Waals surface area contributed by atoms with E-state index in [-0.39, 0.29) is 17.2 Å². The van der Waals surface area contributed by atoms with Crippen LogP contribution in [0.15, 0.2) is 42.5 Å². The van der Waals surface area contributed by atoms with Crippen LogP contribution in [0.2, 0.25) is 5.02 Å². The molecule has 6 heteroatoms. The molecule has 0 saturated heterocycles. The highest BCUT2D eigenvalue weighted by atomic mass is 35.5. The lowest BCUT2D eigenvalue weighted by molar-refractivity contribution is -0.0499. The Labute approximate surface area is 124 Å². The van der Waals surface area contributed by atoms with Gasteiger partial charge in [0.2, 0.25) is 0 Å². The SMILES string of the molecule is OC(Cc1ccc(Cl)c(F)c1)c1cccc(OC(F)F)c1. The summed E-state index contributed by atoms with van der Waals surface area (Å²) in [4.78, 5) is 0. The van der Waals surface area contributed by atoms with E-state index in [2.05, 4.69) is 4.74 Å². The number of hydrogen-bond acceptors (Lipinski definition) is 2. The highest BCUT2D eigenvalue weighted by Gasteiger charge is 2.12. The van der Waals surface area contributed by atoms with E-state index in [1.54, 1.807) is 12.1 Å². The van der Waals surface area contributed by atoms with Gasteiger partial charge in [-0.25, -0.2) is 4.39 Å². The van der Waals surface area contributed by atoms with Gasteiger partial charge in [-0.05, 0) is 35.4 Å². The Morgan fingerprint density at radius 1 is 1.14 bits per heavy atom. The first kappa shape index (κ1) is 15.7. The van der Waals surface area contributed by atoms with Gasteiger partial charge in [-0.15, -0.1) is 0 Å². The minimum Gasteiger partial charge on any atom is -0.435 e. The quantitative estimate of drug-likeness (QED) is 0.888. The number of aliphatic hydroxyl groups is 1. The summed E-state index contributed by atoms with van der Waals surface area (Å²) >= 11 is 5.58. The molecule has 0 radical (unpaired) electrons. The topological polar surface area (TPSA) is 29.5 Å². The second-order valence-corrected chi connectivity index (χ2v) is 4.83. The number of halogens is 4. The molecule has 0 aromatic heterocycles. The normalized spacial score (nSPS) is 12.5. The Balaban J connectivity index is 2.12. The van der Waals surface area contributed by atoms with E-state index in [0.717, 1.165) is 0 Å². The molecule has 2 aromatic carbocycles. The Bertz CT molecular complexity index is 620. The van der Waals surface area contributed by atoms with Gasteiger partial charge >= 0.3 is 6.61 Å². The van der Waals surface area contributed by atoms with E-state index >= 15 is 0 Å². The van der Waals surface area contributed by atoms with Gasteiger partial charge in [0.15, 0.2) is 0 Å². The molecule has 1 unspecified atom stereocenters. The molecule has 0 aliphatic heterocycles. The molecule has 2 nitrogen and oxygen atoms in total. The molecule has 0 spiro atoms. The molecule has 0 aliphatic rings. The number of aliphatic hydroxyl groups excluding tert-OH is 1. The average molecular weight is 317 g/mol. The molecular formula is C15H12ClF3O2. The standard InChI is InChI=1S/C15H12ClF3O2/c16-12-5-4-9(6-13(12)17)7-14(20)10-2-1-3-11(8-10)21-15(18)19/h1-6,8,14-15,20H,7H2. The molecule has 0 bridgehead atoms. The lowest BCUT2D eigenvalue weighted by atomic mass is 10.0. The van der Waals surface area contributed by atoms with Crippen LogP contribution in [0.1, 0.15) is 17.2 Å². The maximum absolute atomic E-state index is 13.3. The molecule has 0 aliphatic carbocycles. The van der Waals surface area contributed by atoms with Crippen molar-refractivity contribution >= 4 is 11.6 Å². The van der Waals surface area contributed by atoms with E-state index in [1.807, 2.05) is 0 Å². The van der Waals surface area contributed by atoms with Gasteiger partial charge in [-0.2, -0.15) is 8.78 Å². The van der Waals surface area contributed by atoms with E-state index in [1.165, 1.54) is 30.3 Å². The minimum absolute atomic E-state index is 0.000528. The molecule has 1 atom stereocenters. The predicted molar refractivity (Wildman–Crippen MR) is 73.1 cm³/mol. The van der Waals surface area contributed by atoms with E-state index < -0.39 is 18.5 Å². The van der Waals surface area contributed by atoms with Gasteiger partial charge in [0.25, 0.3) is 0 Å². The summed E-state index contributed by atoms with van der Waals surface area (Å²) in [7, 11) is 0. The number of benzene rings is 2. The molecule has 21 heavy (non-hydrogen) atoms. The van der Waals surface area contributed by atoms with Gasteiger partial charge < -0.3 is 9.84 Å². The van der Waals surface area contributed by atoms with Gasteiger partial charge in [-0.3, -0.25) is 0 Å². The zero-order valence-electron chi connectivity index (χ0n) is 10.8. The van der Waals surface area contributed by atoms with Gasteiger partial charge in [-0.1, -0.05) is 29.8 Å². The Hall–Kier alpha value is -1.72. The number of alkyl halides is 2. The highest BCUT2D eigenvalue weighted by Crippen LogP contribution is 2.25. The molecule has 2 aromatic rings. The lowest BCUT2D eigenvalue weighted by Crippen LogP contribution is -2.05. The third-order valence-electron chi connectivity index (χ3n) is 2.88. The summed E-state index contributed by atoms with van der Waals surface area (Å²) < 4.78 is 41.9. The van der Waals surface area contributed by atoms with Crippen molar-refractivity contribution in [3.8, 4) is 5.75 Å². The van der Waals surface area contributed by atoms with Crippen molar-refractivity contribution < 1.29 is 23.0 Å². The second-order valence-electron chi connectivity index (χ2n) is 4.42. The third-order valence-corrected chi connectivity index (χ3v) is 3.19. The van der Waals surface area contributed by atoms with Crippen molar-refractivity contribution in [2.45, 2.75) is 19.1 Å². The highest BCUT2D eigenvalue weighted by molar-refractivity contribution is 6.30. The maximum atomic E-state index is 13.3. The number of ether oxygens (including phenoxy) is 1. The van der Waals surface area contributed by atoms with Crippen LogP contribution in [0.3, 0.4) is 0 Å². The van der Waals surface area contributed by atoms with Crippen LogP contribution in [0.5, 0.6) is 5.75 Å². The first-order chi connectivity index (χ1) is 9.95. The van der Waals surface area contributed by atoms with Crippen LogP contribution in [0, 0.1) is 5.82 Å². The van der Waals surface area contributed by atoms with Crippen LogP contribution >= 0.6 is 11.6 Å². The van der Waals surface area contributed by atoms with Crippen LogP contribution in [-0.4, -0.2) is 11.7 Å². The summed E-state index contributed by atoms with van der Waals surface area (Å²) in [5.74, 6) is -0.611.